The van der Waals surface area contributed by atoms with Gasteiger partial charge in [-0.25, -0.2) is 9.79 Å². The number of amides is 1. The molecule has 216 valence electrons. The minimum absolute atomic E-state index is 0.114. The molecule has 0 fully saturated rings. The van der Waals surface area contributed by atoms with E-state index in [1.807, 2.05) is 77.0 Å². The van der Waals surface area contributed by atoms with Crippen LogP contribution >= 0.6 is 11.8 Å². The normalized spacial score (nSPS) is 16.0. The minimum Gasteiger partial charge on any atom is -0.489 e. The summed E-state index contributed by atoms with van der Waals surface area (Å²) in [5, 5.41) is 5.58. The lowest BCUT2D eigenvalue weighted by molar-refractivity contribution is -0.141. The Morgan fingerprint density at radius 1 is 1.00 bits per heavy atom. The summed E-state index contributed by atoms with van der Waals surface area (Å²) in [6.45, 7) is 3.00. The van der Waals surface area contributed by atoms with Crippen LogP contribution in [-0.4, -0.2) is 47.3 Å². The predicted octanol–water partition coefficient (Wildman–Crippen LogP) is 5.13. The molecule has 2 aromatic carbocycles. The van der Waals surface area contributed by atoms with E-state index in [9.17, 15) is 9.59 Å². The number of aromatic nitrogens is 1. The summed E-state index contributed by atoms with van der Waals surface area (Å²) in [5.74, 6) is 0.0399. The Balaban J connectivity index is 1.41. The molecular weight excluding hydrogens is 552 g/mol. The number of allylic oxidation sites excluding steroid dienone is 1. The van der Waals surface area contributed by atoms with Gasteiger partial charge in [0.2, 0.25) is 5.91 Å². The molecule has 2 aliphatic rings. The van der Waals surface area contributed by atoms with Crippen molar-refractivity contribution in [1.82, 2.24) is 15.2 Å². The fourth-order valence-corrected chi connectivity index (χ4v) is 5.65. The molecule has 0 saturated carbocycles. The molecule has 0 saturated heterocycles. The second-order valence-corrected chi connectivity index (χ2v) is 10.5. The zero-order chi connectivity index (χ0) is 29.3. The molecule has 42 heavy (non-hydrogen) atoms. The molecule has 1 aromatic heterocycles. The van der Waals surface area contributed by atoms with Crippen LogP contribution in [0.3, 0.4) is 0 Å². The van der Waals surface area contributed by atoms with Gasteiger partial charge in [0, 0.05) is 31.7 Å². The monoisotopic (exact) mass is 584 g/mol. The standard InChI is InChI=1S/C32H32N4O5S/c1-22-29(31(38)40-16-15-39-2)30(25-9-6-10-27(17-25)41-20-24-7-4-3-5-8-24)36-26(21-42-32(36)35-22)18-28(37)34-19-23-11-13-33-14-12-23/h3-14,17,21,30H,15-16,18-20H2,1-2H3,(H,34,37). The lowest BCUT2D eigenvalue weighted by Gasteiger charge is -2.36. The van der Waals surface area contributed by atoms with Crippen molar-refractivity contribution in [3.8, 4) is 5.75 Å². The highest BCUT2D eigenvalue weighted by Gasteiger charge is 2.41. The fourth-order valence-electron chi connectivity index (χ4n) is 4.69. The maximum absolute atomic E-state index is 13.5. The van der Waals surface area contributed by atoms with E-state index in [2.05, 4.69) is 10.3 Å². The highest BCUT2D eigenvalue weighted by molar-refractivity contribution is 8.16. The summed E-state index contributed by atoms with van der Waals surface area (Å²) in [6.07, 6.45) is 3.50. The van der Waals surface area contributed by atoms with Crippen LogP contribution < -0.4 is 10.1 Å². The van der Waals surface area contributed by atoms with Crippen LogP contribution in [0.25, 0.3) is 0 Å². The number of rotatable bonds is 12. The average molecular weight is 585 g/mol. The number of methoxy groups -OCH3 is 1. The van der Waals surface area contributed by atoms with E-state index in [0.717, 1.165) is 22.4 Å². The lowest BCUT2D eigenvalue weighted by Crippen LogP contribution is -2.38. The number of carbonyl (C=O) groups is 2. The topological polar surface area (TPSA) is 102 Å². The number of thioether (sulfide) groups is 1. The Hall–Kier alpha value is -4.41. The van der Waals surface area contributed by atoms with Crippen molar-refractivity contribution in [2.45, 2.75) is 32.5 Å². The fraction of sp³-hybridized carbons (Fsp3) is 0.250. The second kappa shape index (κ2) is 14.0. The number of fused-ring (bicyclic) bond motifs is 1. The summed E-state index contributed by atoms with van der Waals surface area (Å²) in [4.78, 5) is 37.2. The number of amidine groups is 1. The Morgan fingerprint density at radius 2 is 1.81 bits per heavy atom. The van der Waals surface area contributed by atoms with Crippen molar-refractivity contribution in [2.75, 3.05) is 20.3 Å². The highest BCUT2D eigenvalue weighted by Crippen LogP contribution is 2.45. The Bertz CT molecular complexity index is 1510. The SMILES string of the molecule is COCCOC(=O)C1=C(C)N=C2SC=C(CC(=O)NCc3ccncc3)N2C1c1cccc(OCc2ccccc2)c1. The number of ether oxygens (including phenoxy) is 3. The molecule has 1 unspecified atom stereocenters. The van der Waals surface area contributed by atoms with Gasteiger partial charge in [0.1, 0.15) is 19.0 Å². The number of pyridine rings is 1. The zero-order valence-corrected chi connectivity index (χ0v) is 24.3. The van der Waals surface area contributed by atoms with E-state index in [1.54, 1.807) is 26.4 Å². The Labute approximate surface area is 249 Å². The number of carbonyl (C=O) groups excluding carboxylic acids is 2. The number of hydrogen-bond acceptors (Lipinski definition) is 9. The molecule has 3 aromatic rings. The Kier molecular flexibility index (Phi) is 9.68. The van der Waals surface area contributed by atoms with Crippen LogP contribution in [0.1, 0.15) is 36.1 Å². The van der Waals surface area contributed by atoms with Crippen molar-refractivity contribution < 1.29 is 23.8 Å². The molecule has 0 spiro atoms. The predicted molar refractivity (Wildman–Crippen MR) is 161 cm³/mol. The number of aliphatic imine (C=N–C) groups is 1. The second-order valence-electron chi connectivity index (χ2n) is 9.68. The summed E-state index contributed by atoms with van der Waals surface area (Å²) in [5.41, 5.74) is 4.53. The summed E-state index contributed by atoms with van der Waals surface area (Å²) >= 11 is 1.43. The third kappa shape index (κ3) is 7.07. The first-order valence-electron chi connectivity index (χ1n) is 13.6. The van der Waals surface area contributed by atoms with Crippen LogP contribution in [0.5, 0.6) is 5.75 Å². The molecule has 1 atom stereocenters. The van der Waals surface area contributed by atoms with Gasteiger partial charge in [0.25, 0.3) is 0 Å². The highest BCUT2D eigenvalue weighted by atomic mass is 32.2. The van der Waals surface area contributed by atoms with E-state index in [-0.39, 0.29) is 25.5 Å². The van der Waals surface area contributed by atoms with E-state index in [4.69, 9.17) is 19.2 Å². The van der Waals surface area contributed by atoms with Crippen molar-refractivity contribution in [1.29, 1.82) is 0 Å². The largest absolute Gasteiger partial charge is 0.489 e. The smallest absolute Gasteiger partial charge is 0.338 e. The van der Waals surface area contributed by atoms with Crippen molar-refractivity contribution >= 4 is 28.8 Å². The van der Waals surface area contributed by atoms with Crippen molar-refractivity contribution in [3.05, 3.63) is 118 Å². The van der Waals surface area contributed by atoms with Gasteiger partial charge in [-0.1, -0.05) is 54.2 Å². The minimum atomic E-state index is -0.568. The van der Waals surface area contributed by atoms with Gasteiger partial charge in [-0.3, -0.25) is 9.78 Å². The first-order valence-corrected chi connectivity index (χ1v) is 14.4. The Morgan fingerprint density at radius 3 is 2.60 bits per heavy atom. The first-order chi connectivity index (χ1) is 20.5. The molecule has 0 aliphatic carbocycles. The molecule has 5 rings (SSSR count). The molecule has 3 heterocycles. The van der Waals surface area contributed by atoms with Gasteiger partial charge in [-0.05, 0) is 53.3 Å². The van der Waals surface area contributed by atoms with E-state index in [1.165, 1.54) is 11.8 Å². The van der Waals surface area contributed by atoms with Gasteiger partial charge in [0.15, 0.2) is 5.17 Å². The van der Waals surface area contributed by atoms with Gasteiger partial charge in [0.05, 0.1) is 30.3 Å². The molecule has 9 nitrogen and oxygen atoms in total. The van der Waals surface area contributed by atoms with Gasteiger partial charge in [-0.2, -0.15) is 0 Å². The van der Waals surface area contributed by atoms with E-state index < -0.39 is 12.0 Å². The number of benzene rings is 2. The van der Waals surface area contributed by atoms with Crippen LogP contribution in [0, 0.1) is 0 Å². The molecule has 10 heteroatoms. The van der Waals surface area contributed by atoms with Crippen LogP contribution in [0.4, 0.5) is 0 Å². The molecule has 1 amide bonds. The molecular formula is C32H32N4O5S. The third-order valence-corrected chi connectivity index (χ3v) is 7.63. The average Bonchev–Trinajstić information content (AvgIpc) is 3.41. The number of hydrogen-bond donors (Lipinski definition) is 1. The first kappa shape index (κ1) is 29.1. The number of esters is 1. The molecule has 0 bridgehead atoms. The van der Waals surface area contributed by atoms with Crippen LogP contribution in [0.15, 0.2) is 106 Å². The third-order valence-electron chi connectivity index (χ3n) is 6.74. The summed E-state index contributed by atoms with van der Waals surface area (Å²) < 4.78 is 16.8. The zero-order valence-electron chi connectivity index (χ0n) is 23.5. The molecule has 2 aliphatic heterocycles. The number of nitrogens with zero attached hydrogens (tertiary/aromatic N) is 3. The van der Waals surface area contributed by atoms with Gasteiger partial charge >= 0.3 is 5.97 Å². The summed E-state index contributed by atoms with van der Waals surface area (Å²) in [6, 6.07) is 20.7. The van der Waals surface area contributed by atoms with Crippen LogP contribution in [0.2, 0.25) is 0 Å². The van der Waals surface area contributed by atoms with Crippen LogP contribution in [-0.2, 0) is 32.2 Å². The maximum Gasteiger partial charge on any atom is 0.338 e. The van der Waals surface area contributed by atoms with E-state index in [0.29, 0.717) is 35.3 Å². The van der Waals surface area contributed by atoms with Gasteiger partial charge < -0.3 is 24.4 Å². The number of nitrogens with one attached hydrogen (secondary N) is 1. The molecule has 0 radical (unpaired) electrons. The summed E-state index contributed by atoms with van der Waals surface area (Å²) in [7, 11) is 1.55. The quantitative estimate of drug-likeness (QED) is 0.231. The molecule has 1 N–H and O–H groups in total. The maximum atomic E-state index is 13.5. The van der Waals surface area contributed by atoms with E-state index >= 15 is 0 Å². The van der Waals surface area contributed by atoms with Gasteiger partial charge in [-0.15, -0.1) is 0 Å². The lowest BCUT2D eigenvalue weighted by atomic mass is 9.93. The van der Waals surface area contributed by atoms with Crippen molar-refractivity contribution in [3.63, 3.8) is 0 Å². The van der Waals surface area contributed by atoms with Crippen molar-refractivity contribution in [2.24, 2.45) is 4.99 Å².